The van der Waals surface area contributed by atoms with E-state index in [9.17, 15) is 9.59 Å². The molecule has 0 radical (unpaired) electrons. The molecule has 3 aromatic rings. The Morgan fingerprint density at radius 1 is 0.967 bits per heavy atom. The smallest absolute Gasteiger partial charge is 0.340 e. The quantitative estimate of drug-likeness (QED) is 0.574. The third kappa shape index (κ3) is 4.46. The molecule has 0 saturated carbocycles. The van der Waals surface area contributed by atoms with Crippen LogP contribution in [0.4, 0.5) is 5.69 Å². The minimum Gasteiger partial charge on any atom is -0.462 e. The SMILES string of the molecule is CCOC(=O)c1c(C)c(-c2ccccc2)n(CC(=O)Nc2cc(C)cc(C)c2)c1C. The summed E-state index contributed by atoms with van der Waals surface area (Å²) in [6, 6.07) is 15.8. The normalized spacial score (nSPS) is 10.7. The molecular weight excluding hydrogens is 376 g/mol. The maximum atomic E-state index is 12.9. The number of benzene rings is 2. The molecule has 0 fully saturated rings. The molecule has 0 spiro atoms. The predicted molar refractivity (Wildman–Crippen MR) is 120 cm³/mol. The molecule has 0 aliphatic rings. The molecule has 156 valence electrons. The lowest BCUT2D eigenvalue weighted by molar-refractivity contribution is -0.116. The van der Waals surface area contributed by atoms with Gasteiger partial charge in [-0.2, -0.15) is 0 Å². The van der Waals surface area contributed by atoms with Crippen LogP contribution in [0, 0.1) is 27.7 Å². The van der Waals surface area contributed by atoms with Crippen LogP contribution in [-0.2, 0) is 16.1 Å². The van der Waals surface area contributed by atoms with Crippen LogP contribution in [0.15, 0.2) is 48.5 Å². The van der Waals surface area contributed by atoms with Crippen molar-refractivity contribution in [1.29, 1.82) is 0 Å². The number of nitrogens with one attached hydrogen (secondary N) is 1. The fourth-order valence-corrected chi connectivity index (χ4v) is 3.96. The molecule has 0 bridgehead atoms. The topological polar surface area (TPSA) is 60.3 Å². The van der Waals surface area contributed by atoms with Gasteiger partial charge in [0, 0.05) is 11.4 Å². The zero-order valence-electron chi connectivity index (χ0n) is 18.2. The molecule has 0 aliphatic carbocycles. The van der Waals surface area contributed by atoms with Crippen LogP contribution < -0.4 is 5.32 Å². The molecule has 1 aromatic heterocycles. The van der Waals surface area contributed by atoms with Gasteiger partial charge in [-0.3, -0.25) is 4.79 Å². The highest BCUT2D eigenvalue weighted by molar-refractivity contribution is 5.96. The maximum absolute atomic E-state index is 12.9. The molecule has 0 aliphatic heterocycles. The van der Waals surface area contributed by atoms with E-state index in [1.54, 1.807) is 6.92 Å². The van der Waals surface area contributed by atoms with Gasteiger partial charge in [-0.1, -0.05) is 36.4 Å². The number of anilines is 1. The fraction of sp³-hybridized carbons (Fsp3) is 0.280. The average Bonchev–Trinajstić information content (AvgIpc) is 2.91. The van der Waals surface area contributed by atoms with Crippen LogP contribution in [0.25, 0.3) is 11.3 Å². The Labute approximate surface area is 177 Å². The van der Waals surface area contributed by atoms with Gasteiger partial charge >= 0.3 is 5.97 Å². The Balaban J connectivity index is 2.01. The van der Waals surface area contributed by atoms with E-state index in [-0.39, 0.29) is 18.4 Å². The highest BCUT2D eigenvalue weighted by Gasteiger charge is 2.25. The molecule has 1 amide bonds. The number of carbonyl (C=O) groups is 2. The van der Waals surface area contributed by atoms with Crippen molar-refractivity contribution < 1.29 is 14.3 Å². The second kappa shape index (κ2) is 8.99. The third-order valence-electron chi connectivity index (χ3n) is 5.10. The fourth-order valence-electron chi connectivity index (χ4n) is 3.96. The van der Waals surface area contributed by atoms with Crippen molar-refractivity contribution in [3.05, 3.63) is 76.5 Å². The number of rotatable bonds is 6. The largest absolute Gasteiger partial charge is 0.462 e. The monoisotopic (exact) mass is 404 g/mol. The zero-order chi connectivity index (χ0) is 21.8. The summed E-state index contributed by atoms with van der Waals surface area (Å²) >= 11 is 0. The second-order valence-electron chi connectivity index (χ2n) is 7.53. The van der Waals surface area contributed by atoms with Gasteiger partial charge in [-0.15, -0.1) is 0 Å². The minimum atomic E-state index is -0.363. The summed E-state index contributed by atoms with van der Waals surface area (Å²) in [5, 5.41) is 2.99. The van der Waals surface area contributed by atoms with E-state index in [0.717, 1.165) is 39.3 Å². The summed E-state index contributed by atoms with van der Waals surface area (Å²) in [7, 11) is 0. The number of aromatic nitrogens is 1. The second-order valence-corrected chi connectivity index (χ2v) is 7.53. The lowest BCUT2D eigenvalue weighted by Crippen LogP contribution is -2.20. The van der Waals surface area contributed by atoms with E-state index in [1.165, 1.54) is 0 Å². The van der Waals surface area contributed by atoms with E-state index in [0.29, 0.717) is 12.2 Å². The van der Waals surface area contributed by atoms with Crippen LogP contribution in [-0.4, -0.2) is 23.1 Å². The van der Waals surface area contributed by atoms with Crippen LogP contribution >= 0.6 is 0 Å². The van der Waals surface area contributed by atoms with Gasteiger partial charge in [0.2, 0.25) is 5.91 Å². The number of hydrogen-bond donors (Lipinski definition) is 1. The van der Waals surface area contributed by atoms with E-state index < -0.39 is 0 Å². The van der Waals surface area contributed by atoms with Crippen molar-refractivity contribution in [2.24, 2.45) is 0 Å². The summed E-state index contributed by atoms with van der Waals surface area (Å²) in [5.74, 6) is -0.510. The highest BCUT2D eigenvalue weighted by atomic mass is 16.5. The van der Waals surface area contributed by atoms with Gasteiger partial charge in [0.25, 0.3) is 0 Å². The number of aryl methyl sites for hydroxylation is 2. The van der Waals surface area contributed by atoms with E-state index in [4.69, 9.17) is 4.74 Å². The lowest BCUT2D eigenvalue weighted by Gasteiger charge is -2.14. The van der Waals surface area contributed by atoms with Gasteiger partial charge < -0.3 is 14.6 Å². The van der Waals surface area contributed by atoms with Crippen molar-refractivity contribution in [3.63, 3.8) is 0 Å². The maximum Gasteiger partial charge on any atom is 0.340 e. The molecule has 0 unspecified atom stereocenters. The number of carbonyl (C=O) groups excluding carboxylic acids is 2. The third-order valence-corrected chi connectivity index (χ3v) is 5.10. The molecule has 5 heteroatoms. The number of amides is 1. The summed E-state index contributed by atoms with van der Waals surface area (Å²) in [6.45, 7) is 9.95. The Hall–Kier alpha value is -3.34. The van der Waals surface area contributed by atoms with Crippen LogP contribution in [0.5, 0.6) is 0 Å². The van der Waals surface area contributed by atoms with Crippen molar-refractivity contribution in [3.8, 4) is 11.3 Å². The molecule has 3 rings (SSSR count). The molecule has 1 N–H and O–H groups in total. The molecule has 0 atom stereocenters. The Bertz CT molecular complexity index is 1060. The Kier molecular flexibility index (Phi) is 6.40. The first kappa shape index (κ1) is 21.4. The van der Waals surface area contributed by atoms with E-state index in [2.05, 4.69) is 11.4 Å². The zero-order valence-corrected chi connectivity index (χ0v) is 18.2. The van der Waals surface area contributed by atoms with E-state index >= 15 is 0 Å². The molecule has 5 nitrogen and oxygen atoms in total. The minimum absolute atomic E-state index is 0.100. The van der Waals surface area contributed by atoms with Crippen molar-refractivity contribution in [1.82, 2.24) is 4.57 Å². The molecule has 1 heterocycles. The number of nitrogens with zero attached hydrogens (tertiary/aromatic N) is 1. The van der Waals surface area contributed by atoms with Crippen molar-refractivity contribution in [2.45, 2.75) is 41.2 Å². The van der Waals surface area contributed by atoms with Crippen molar-refractivity contribution >= 4 is 17.6 Å². The first-order valence-electron chi connectivity index (χ1n) is 10.1. The highest BCUT2D eigenvalue weighted by Crippen LogP contribution is 2.31. The Morgan fingerprint density at radius 2 is 1.60 bits per heavy atom. The number of esters is 1. The standard InChI is InChI=1S/C25H28N2O3/c1-6-30-25(29)23-18(4)24(20-10-8-7-9-11-20)27(19(23)5)15-22(28)26-21-13-16(2)12-17(3)14-21/h7-14H,6,15H2,1-5H3,(H,26,28). The first-order chi connectivity index (χ1) is 14.3. The summed E-state index contributed by atoms with van der Waals surface area (Å²) in [4.78, 5) is 25.5. The first-order valence-corrected chi connectivity index (χ1v) is 10.1. The average molecular weight is 405 g/mol. The Morgan fingerprint density at radius 3 is 2.20 bits per heavy atom. The number of hydrogen-bond acceptors (Lipinski definition) is 3. The number of ether oxygens (including phenoxy) is 1. The van der Waals surface area contributed by atoms with Gasteiger partial charge in [0.15, 0.2) is 0 Å². The molecule has 0 saturated heterocycles. The molecular formula is C25H28N2O3. The van der Waals surface area contributed by atoms with Crippen LogP contribution in [0.1, 0.15) is 39.7 Å². The van der Waals surface area contributed by atoms with Gasteiger partial charge in [0.05, 0.1) is 17.9 Å². The summed E-state index contributed by atoms with van der Waals surface area (Å²) < 4.78 is 7.17. The van der Waals surface area contributed by atoms with Crippen LogP contribution in [0.3, 0.4) is 0 Å². The summed E-state index contributed by atoms with van der Waals surface area (Å²) in [6.07, 6.45) is 0. The van der Waals surface area contributed by atoms with Crippen molar-refractivity contribution in [2.75, 3.05) is 11.9 Å². The summed E-state index contributed by atoms with van der Waals surface area (Å²) in [5.41, 5.74) is 6.82. The molecule has 2 aromatic carbocycles. The van der Waals surface area contributed by atoms with Gasteiger partial charge in [-0.25, -0.2) is 4.79 Å². The van der Waals surface area contributed by atoms with E-state index in [1.807, 2.05) is 74.7 Å². The molecule has 30 heavy (non-hydrogen) atoms. The predicted octanol–water partition coefficient (Wildman–Crippen LogP) is 5.20. The van der Waals surface area contributed by atoms with Gasteiger partial charge in [-0.05, 0) is 69.0 Å². The lowest BCUT2D eigenvalue weighted by atomic mass is 10.1. The van der Waals surface area contributed by atoms with Crippen LogP contribution in [0.2, 0.25) is 0 Å². The van der Waals surface area contributed by atoms with Gasteiger partial charge in [0.1, 0.15) is 6.54 Å².